The highest BCUT2D eigenvalue weighted by atomic mass is 16.1. The van der Waals surface area contributed by atoms with Gasteiger partial charge in [-0.25, -0.2) is 4.99 Å². The molecule has 0 heterocycles. The molecular formula is C16H23N3O. The van der Waals surface area contributed by atoms with E-state index in [-0.39, 0.29) is 5.91 Å². The van der Waals surface area contributed by atoms with Crippen LogP contribution >= 0.6 is 0 Å². The fourth-order valence-corrected chi connectivity index (χ4v) is 1.51. The van der Waals surface area contributed by atoms with E-state index in [1.807, 2.05) is 32.9 Å². The van der Waals surface area contributed by atoms with E-state index >= 15 is 0 Å². The number of hydrogen-bond acceptors (Lipinski definition) is 3. The van der Waals surface area contributed by atoms with Gasteiger partial charge in [0.25, 0.3) is 5.91 Å². The first-order chi connectivity index (χ1) is 9.51. The van der Waals surface area contributed by atoms with Gasteiger partial charge in [-0.05, 0) is 39.6 Å². The Bertz CT molecular complexity index is 490. The molecular weight excluding hydrogens is 250 g/mol. The molecule has 2 N–H and O–H groups in total. The van der Waals surface area contributed by atoms with Crippen LogP contribution in [0, 0.1) is 0 Å². The molecule has 0 atom stereocenters. The summed E-state index contributed by atoms with van der Waals surface area (Å²) in [5, 5.41) is 5.72. The van der Waals surface area contributed by atoms with Crippen molar-refractivity contribution in [3.05, 3.63) is 59.6 Å². The predicted molar refractivity (Wildman–Crippen MR) is 86.3 cm³/mol. The van der Waals surface area contributed by atoms with E-state index < -0.39 is 0 Å². The lowest BCUT2D eigenvalue weighted by atomic mass is 10.1. The van der Waals surface area contributed by atoms with Crippen LogP contribution in [-0.2, 0) is 4.79 Å². The summed E-state index contributed by atoms with van der Waals surface area (Å²) in [6.07, 6.45) is 8.84. The van der Waals surface area contributed by atoms with Crippen molar-refractivity contribution in [2.45, 2.75) is 20.8 Å². The van der Waals surface area contributed by atoms with Crippen molar-refractivity contribution in [1.82, 2.24) is 10.6 Å². The van der Waals surface area contributed by atoms with Gasteiger partial charge in [-0.3, -0.25) is 4.79 Å². The third-order valence-corrected chi connectivity index (χ3v) is 2.39. The monoisotopic (exact) mass is 273 g/mol. The largest absolute Gasteiger partial charge is 0.355 e. The fourth-order valence-electron chi connectivity index (χ4n) is 1.51. The third-order valence-electron chi connectivity index (χ3n) is 2.39. The molecule has 0 rings (SSSR count). The van der Waals surface area contributed by atoms with E-state index in [1.54, 1.807) is 25.3 Å². The molecule has 20 heavy (non-hydrogen) atoms. The van der Waals surface area contributed by atoms with Gasteiger partial charge in [-0.1, -0.05) is 30.4 Å². The molecule has 0 bridgehead atoms. The first kappa shape index (κ1) is 17.6. The van der Waals surface area contributed by atoms with Crippen LogP contribution < -0.4 is 10.6 Å². The summed E-state index contributed by atoms with van der Waals surface area (Å²) in [4.78, 5) is 15.9. The molecule has 0 fully saturated rings. The zero-order valence-corrected chi connectivity index (χ0v) is 12.7. The SMILES string of the molecule is C=C/C=C(/N/C(=C/C=C\C)N=C)C(C(=O)NC)=C(C)C. The molecule has 4 heteroatoms. The van der Waals surface area contributed by atoms with Crippen molar-refractivity contribution in [3.63, 3.8) is 0 Å². The molecule has 0 saturated carbocycles. The van der Waals surface area contributed by atoms with Gasteiger partial charge in [0.05, 0.1) is 11.3 Å². The van der Waals surface area contributed by atoms with Crippen LogP contribution in [0.5, 0.6) is 0 Å². The molecule has 0 saturated heterocycles. The number of nitrogens with one attached hydrogen (secondary N) is 2. The Balaban J connectivity index is 5.62. The molecule has 0 aliphatic rings. The van der Waals surface area contributed by atoms with Gasteiger partial charge in [0.15, 0.2) is 0 Å². The van der Waals surface area contributed by atoms with Gasteiger partial charge in [-0.2, -0.15) is 0 Å². The lowest BCUT2D eigenvalue weighted by Gasteiger charge is -2.15. The van der Waals surface area contributed by atoms with E-state index in [9.17, 15) is 4.79 Å². The summed E-state index contributed by atoms with van der Waals surface area (Å²) in [7, 11) is 1.60. The molecule has 0 unspecified atom stereocenters. The van der Waals surface area contributed by atoms with Crippen LogP contribution in [0.15, 0.2) is 64.6 Å². The first-order valence-corrected chi connectivity index (χ1v) is 6.31. The van der Waals surface area contributed by atoms with Crippen molar-refractivity contribution < 1.29 is 4.79 Å². The van der Waals surface area contributed by atoms with Crippen LogP contribution in [0.1, 0.15) is 20.8 Å². The van der Waals surface area contributed by atoms with Gasteiger partial charge in [0, 0.05) is 7.05 Å². The summed E-state index contributed by atoms with van der Waals surface area (Å²) in [5.41, 5.74) is 2.07. The average Bonchev–Trinajstić information content (AvgIpc) is 2.42. The van der Waals surface area contributed by atoms with E-state index in [0.717, 1.165) is 5.57 Å². The Labute approximate surface area is 121 Å². The van der Waals surface area contributed by atoms with Gasteiger partial charge in [-0.15, -0.1) is 0 Å². The van der Waals surface area contributed by atoms with E-state index in [0.29, 0.717) is 17.1 Å². The maximum atomic E-state index is 12.0. The number of aliphatic imine (C=N–C) groups is 1. The molecule has 0 aliphatic carbocycles. The molecule has 0 spiro atoms. The smallest absolute Gasteiger partial charge is 0.253 e. The zero-order valence-electron chi connectivity index (χ0n) is 12.7. The number of hydrogen-bond donors (Lipinski definition) is 2. The third kappa shape index (κ3) is 5.52. The molecule has 4 nitrogen and oxygen atoms in total. The number of nitrogens with zero attached hydrogens (tertiary/aromatic N) is 1. The Kier molecular flexibility index (Phi) is 8.43. The van der Waals surface area contributed by atoms with Crippen molar-refractivity contribution in [3.8, 4) is 0 Å². The molecule has 0 aromatic heterocycles. The number of rotatable bonds is 7. The van der Waals surface area contributed by atoms with E-state index in [1.165, 1.54) is 0 Å². The summed E-state index contributed by atoms with van der Waals surface area (Å²) >= 11 is 0. The number of carbonyl (C=O) groups is 1. The van der Waals surface area contributed by atoms with Crippen molar-refractivity contribution in [1.29, 1.82) is 0 Å². The molecule has 1 amide bonds. The fraction of sp³-hybridized carbons (Fsp3) is 0.250. The Hall–Kier alpha value is -2.36. The minimum atomic E-state index is -0.167. The molecule has 0 radical (unpaired) electrons. The summed E-state index contributed by atoms with van der Waals surface area (Å²) in [6.45, 7) is 12.8. The van der Waals surface area contributed by atoms with Crippen LogP contribution in [0.25, 0.3) is 0 Å². The molecule has 0 aromatic carbocycles. The normalized spacial score (nSPS) is 12.0. The van der Waals surface area contributed by atoms with Gasteiger partial charge >= 0.3 is 0 Å². The maximum Gasteiger partial charge on any atom is 0.253 e. The zero-order chi connectivity index (χ0) is 15.5. The first-order valence-electron chi connectivity index (χ1n) is 6.31. The standard InChI is InChI=1S/C16H23N3O/c1-7-9-11-14(17-5)19-13(10-8-2)15(12(3)4)16(20)18-6/h7-11,19H,2,5H2,1,3-4,6H3,(H,18,20)/b9-7-,13-10+,14-11+. The second-order valence-electron chi connectivity index (χ2n) is 4.13. The van der Waals surface area contributed by atoms with Gasteiger partial charge < -0.3 is 10.6 Å². The molecule has 0 aliphatic heterocycles. The second kappa shape index (κ2) is 9.55. The van der Waals surface area contributed by atoms with Crippen LogP contribution in [0.3, 0.4) is 0 Å². The van der Waals surface area contributed by atoms with Crippen LogP contribution in [0.4, 0.5) is 0 Å². The maximum absolute atomic E-state index is 12.0. The lowest BCUT2D eigenvalue weighted by molar-refractivity contribution is -0.116. The number of amides is 1. The quantitative estimate of drug-likeness (QED) is 0.426. The average molecular weight is 273 g/mol. The number of carbonyl (C=O) groups excluding carboxylic acids is 1. The van der Waals surface area contributed by atoms with Gasteiger partial charge in [0.2, 0.25) is 0 Å². The van der Waals surface area contributed by atoms with Crippen LogP contribution in [0.2, 0.25) is 0 Å². The van der Waals surface area contributed by atoms with Crippen molar-refractivity contribution in [2.75, 3.05) is 7.05 Å². The summed E-state index contributed by atoms with van der Waals surface area (Å²) < 4.78 is 0. The van der Waals surface area contributed by atoms with E-state index in [4.69, 9.17) is 0 Å². The highest BCUT2D eigenvalue weighted by molar-refractivity contribution is 5.98. The second-order valence-corrected chi connectivity index (χ2v) is 4.13. The predicted octanol–water partition coefficient (Wildman–Crippen LogP) is 2.85. The Morgan fingerprint density at radius 3 is 2.30 bits per heavy atom. The minimum Gasteiger partial charge on any atom is -0.355 e. The molecule has 0 aromatic rings. The highest BCUT2D eigenvalue weighted by Crippen LogP contribution is 2.15. The summed E-state index contributed by atoms with van der Waals surface area (Å²) in [6, 6.07) is 0. The Morgan fingerprint density at radius 1 is 1.25 bits per heavy atom. The minimum absolute atomic E-state index is 0.167. The number of likely N-dealkylation sites (N-methyl/N-ethyl adjacent to an activating group) is 1. The van der Waals surface area contributed by atoms with Crippen LogP contribution in [-0.4, -0.2) is 19.7 Å². The van der Waals surface area contributed by atoms with Crippen molar-refractivity contribution in [2.24, 2.45) is 4.99 Å². The van der Waals surface area contributed by atoms with Gasteiger partial charge in [0.1, 0.15) is 5.82 Å². The Morgan fingerprint density at radius 2 is 1.90 bits per heavy atom. The lowest BCUT2D eigenvalue weighted by Crippen LogP contribution is -2.26. The van der Waals surface area contributed by atoms with Crippen molar-refractivity contribution >= 4 is 12.6 Å². The topological polar surface area (TPSA) is 53.5 Å². The molecule has 108 valence electrons. The van der Waals surface area contributed by atoms with E-state index in [2.05, 4.69) is 28.9 Å². The number of allylic oxidation sites excluding steroid dienone is 6. The summed E-state index contributed by atoms with van der Waals surface area (Å²) in [5.74, 6) is 0.388. The highest BCUT2D eigenvalue weighted by Gasteiger charge is 2.15.